The lowest BCUT2D eigenvalue weighted by atomic mass is 10.0. The van der Waals surface area contributed by atoms with Crippen LogP contribution in [0.4, 0.5) is 0 Å². The van der Waals surface area contributed by atoms with Crippen LogP contribution in [0, 0.1) is 12.3 Å². The lowest BCUT2D eigenvalue weighted by Crippen LogP contribution is -2.24. The van der Waals surface area contributed by atoms with Gasteiger partial charge in [-0.2, -0.15) is 0 Å². The molecule has 0 bridgehead atoms. The molecule has 0 aromatic heterocycles. The molecular formula is C11H21N. The minimum atomic E-state index is 0.702. The van der Waals surface area contributed by atoms with Gasteiger partial charge in [0.25, 0.3) is 0 Å². The fraction of sp³-hybridized carbons (Fsp3) is 0.818. The topological polar surface area (TPSA) is 12.0 Å². The van der Waals surface area contributed by atoms with E-state index in [4.69, 9.17) is 6.42 Å². The molecule has 1 heteroatoms. The first-order valence-corrected chi connectivity index (χ1v) is 4.95. The third-order valence-corrected chi connectivity index (χ3v) is 2.17. The van der Waals surface area contributed by atoms with Gasteiger partial charge < -0.3 is 5.32 Å². The Balaban J connectivity index is 3.26. The monoisotopic (exact) mass is 167 g/mol. The van der Waals surface area contributed by atoms with Crippen molar-refractivity contribution in [3.63, 3.8) is 0 Å². The summed E-state index contributed by atoms with van der Waals surface area (Å²) < 4.78 is 0. The Labute approximate surface area is 76.9 Å². The number of unbranched alkanes of at least 4 members (excludes halogenated alkanes) is 2. The Kier molecular flexibility index (Phi) is 8.27. The maximum atomic E-state index is 5.17. The van der Waals surface area contributed by atoms with E-state index in [1.54, 1.807) is 0 Å². The van der Waals surface area contributed by atoms with Gasteiger partial charge in [0.15, 0.2) is 0 Å². The van der Waals surface area contributed by atoms with E-state index in [9.17, 15) is 0 Å². The molecule has 1 unspecified atom stereocenters. The summed E-state index contributed by atoms with van der Waals surface area (Å²) in [6.07, 6.45) is 12.4. The average Bonchev–Trinajstić information content (AvgIpc) is 2.10. The summed E-state index contributed by atoms with van der Waals surface area (Å²) in [5.74, 6) is 2.67. The first kappa shape index (κ1) is 11.5. The molecule has 0 rings (SSSR count). The minimum Gasteiger partial charge on any atom is -0.317 e. The predicted molar refractivity (Wildman–Crippen MR) is 55.1 cm³/mol. The van der Waals surface area contributed by atoms with Gasteiger partial charge in [0, 0.05) is 12.5 Å². The molecule has 70 valence electrons. The molecule has 0 radical (unpaired) electrons. The maximum Gasteiger partial charge on any atom is 0.00860 e. The van der Waals surface area contributed by atoms with Crippen molar-refractivity contribution in [2.24, 2.45) is 0 Å². The van der Waals surface area contributed by atoms with Gasteiger partial charge in [0.1, 0.15) is 0 Å². The molecule has 0 aliphatic heterocycles. The zero-order valence-corrected chi connectivity index (χ0v) is 8.40. The highest BCUT2D eigenvalue weighted by atomic mass is 14.9. The van der Waals surface area contributed by atoms with Crippen LogP contribution in [-0.2, 0) is 0 Å². The largest absolute Gasteiger partial charge is 0.317 e. The first-order chi connectivity index (χ1) is 5.85. The first-order valence-electron chi connectivity index (χ1n) is 4.95. The molecular weight excluding hydrogens is 146 g/mol. The van der Waals surface area contributed by atoms with Crippen LogP contribution in [0.1, 0.15) is 45.4 Å². The maximum absolute atomic E-state index is 5.17. The van der Waals surface area contributed by atoms with E-state index in [2.05, 4.69) is 18.2 Å². The lowest BCUT2D eigenvalue weighted by molar-refractivity contribution is 0.464. The third-order valence-electron chi connectivity index (χ3n) is 2.17. The van der Waals surface area contributed by atoms with Crippen LogP contribution in [0.5, 0.6) is 0 Å². The summed E-state index contributed by atoms with van der Waals surface area (Å²) in [6, 6.07) is 0.702. The fourth-order valence-corrected chi connectivity index (χ4v) is 1.40. The zero-order valence-electron chi connectivity index (χ0n) is 8.40. The highest BCUT2D eigenvalue weighted by Crippen LogP contribution is 2.07. The number of terminal acetylenes is 1. The van der Waals surface area contributed by atoms with Gasteiger partial charge in [-0.05, 0) is 26.3 Å². The van der Waals surface area contributed by atoms with Gasteiger partial charge in [0.2, 0.25) is 0 Å². The minimum absolute atomic E-state index is 0.702. The van der Waals surface area contributed by atoms with E-state index in [1.165, 1.54) is 32.1 Å². The quantitative estimate of drug-likeness (QED) is 0.454. The Bertz CT molecular complexity index is 123. The Morgan fingerprint density at radius 3 is 2.58 bits per heavy atom. The highest BCUT2D eigenvalue weighted by Gasteiger charge is 2.02. The van der Waals surface area contributed by atoms with Crippen LogP contribution >= 0.6 is 0 Å². The van der Waals surface area contributed by atoms with Crippen molar-refractivity contribution in [3.05, 3.63) is 0 Å². The van der Waals surface area contributed by atoms with Gasteiger partial charge in [-0.25, -0.2) is 0 Å². The molecule has 12 heavy (non-hydrogen) atoms. The van der Waals surface area contributed by atoms with Gasteiger partial charge in [0.05, 0.1) is 0 Å². The van der Waals surface area contributed by atoms with E-state index >= 15 is 0 Å². The van der Waals surface area contributed by atoms with E-state index in [0.29, 0.717) is 6.04 Å². The molecule has 0 aromatic rings. The number of rotatable bonds is 7. The molecule has 0 fully saturated rings. The number of hydrogen-bond acceptors (Lipinski definition) is 1. The van der Waals surface area contributed by atoms with Crippen LogP contribution in [0.25, 0.3) is 0 Å². The summed E-state index contributed by atoms with van der Waals surface area (Å²) in [4.78, 5) is 0. The summed E-state index contributed by atoms with van der Waals surface area (Å²) >= 11 is 0. The van der Waals surface area contributed by atoms with Crippen LogP contribution in [0.15, 0.2) is 0 Å². The van der Waals surface area contributed by atoms with Crippen LogP contribution in [-0.4, -0.2) is 13.1 Å². The molecule has 0 saturated heterocycles. The zero-order chi connectivity index (χ0) is 9.23. The molecule has 0 spiro atoms. The van der Waals surface area contributed by atoms with Crippen molar-refractivity contribution in [1.29, 1.82) is 0 Å². The van der Waals surface area contributed by atoms with Crippen molar-refractivity contribution < 1.29 is 0 Å². The average molecular weight is 167 g/mol. The highest BCUT2D eigenvalue weighted by molar-refractivity contribution is 4.83. The Hall–Kier alpha value is -0.480. The molecule has 0 aliphatic carbocycles. The Morgan fingerprint density at radius 1 is 1.33 bits per heavy atom. The fourth-order valence-electron chi connectivity index (χ4n) is 1.40. The molecule has 1 atom stereocenters. The third kappa shape index (κ3) is 6.24. The molecule has 0 aliphatic rings. The van der Waals surface area contributed by atoms with Crippen molar-refractivity contribution in [3.8, 4) is 12.3 Å². The SMILES string of the molecule is C#CCCCCC(CCC)NC. The molecule has 0 aromatic carbocycles. The molecule has 1 nitrogen and oxygen atoms in total. The van der Waals surface area contributed by atoms with Gasteiger partial charge in [-0.1, -0.05) is 19.8 Å². The van der Waals surface area contributed by atoms with E-state index < -0.39 is 0 Å². The van der Waals surface area contributed by atoms with E-state index in [-0.39, 0.29) is 0 Å². The smallest absolute Gasteiger partial charge is 0.00860 e. The molecule has 0 heterocycles. The normalized spacial score (nSPS) is 12.4. The second-order valence-electron chi connectivity index (χ2n) is 3.22. The summed E-state index contributed by atoms with van der Waals surface area (Å²) in [5.41, 5.74) is 0. The van der Waals surface area contributed by atoms with Crippen molar-refractivity contribution >= 4 is 0 Å². The second kappa shape index (κ2) is 8.62. The van der Waals surface area contributed by atoms with Gasteiger partial charge in [-0.3, -0.25) is 0 Å². The van der Waals surface area contributed by atoms with Crippen molar-refractivity contribution in [2.75, 3.05) is 7.05 Å². The number of hydrogen-bond donors (Lipinski definition) is 1. The van der Waals surface area contributed by atoms with Crippen molar-refractivity contribution in [1.82, 2.24) is 5.32 Å². The Morgan fingerprint density at radius 2 is 2.08 bits per heavy atom. The van der Waals surface area contributed by atoms with Gasteiger partial charge in [-0.15, -0.1) is 12.3 Å². The standard InChI is InChI=1S/C11H21N/c1-4-6-7-8-10-11(12-3)9-5-2/h1,11-12H,5-10H2,2-3H3. The molecule has 0 saturated carbocycles. The predicted octanol–water partition coefficient (Wildman–Crippen LogP) is 2.57. The molecule has 1 N–H and O–H groups in total. The van der Waals surface area contributed by atoms with E-state index in [0.717, 1.165) is 6.42 Å². The number of nitrogens with one attached hydrogen (secondary N) is 1. The summed E-state index contributed by atoms with van der Waals surface area (Å²) in [5, 5.41) is 3.33. The van der Waals surface area contributed by atoms with Gasteiger partial charge >= 0.3 is 0 Å². The van der Waals surface area contributed by atoms with Crippen LogP contribution in [0.3, 0.4) is 0 Å². The van der Waals surface area contributed by atoms with Crippen LogP contribution in [0.2, 0.25) is 0 Å². The van der Waals surface area contributed by atoms with Crippen LogP contribution < -0.4 is 5.32 Å². The second-order valence-corrected chi connectivity index (χ2v) is 3.22. The van der Waals surface area contributed by atoms with Crippen molar-refractivity contribution in [2.45, 2.75) is 51.5 Å². The lowest BCUT2D eigenvalue weighted by Gasteiger charge is -2.13. The summed E-state index contributed by atoms with van der Waals surface area (Å²) in [6.45, 7) is 2.23. The summed E-state index contributed by atoms with van der Waals surface area (Å²) in [7, 11) is 2.04. The molecule has 0 amide bonds. The van der Waals surface area contributed by atoms with E-state index in [1.807, 2.05) is 7.05 Å².